The Bertz CT molecular complexity index is 1410. The van der Waals surface area contributed by atoms with Crippen LogP contribution in [0, 0.1) is 46.3 Å². The molecule has 8 atom stereocenters. The van der Waals surface area contributed by atoms with Crippen LogP contribution in [0.1, 0.15) is 153 Å². The van der Waals surface area contributed by atoms with Crippen molar-refractivity contribution in [2.24, 2.45) is 46.3 Å². The summed E-state index contributed by atoms with van der Waals surface area (Å²) >= 11 is 0. The maximum atomic E-state index is 13.7. The molecule has 3 amide bonds. The number of amides is 3. The molecule has 1 aromatic carbocycles. The summed E-state index contributed by atoms with van der Waals surface area (Å²) in [4.78, 5) is 43.0. The van der Waals surface area contributed by atoms with Crippen LogP contribution in [-0.4, -0.2) is 52.4 Å². The van der Waals surface area contributed by atoms with Gasteiger partial charge < -0.3 is 9.64 Å². The van der Waals surface area contributed by atoms with Crippen LogP contribution in [0.25, 0.3) is 0 Å². The predicted octanol–water partition coefficient (Wildman–Crippen LogP) is 10.3. The lowest BCUT2D eigenvalue weighted by Gasteiger charge is -2.59. The minimum Gasteiger partial charge on any atom is -0.444 e. The zero-order valence-corrected chi connectivity index (χ0v) is 31.9. The third kappa shape index (κ3) is 6.88. The minimum atomic E-state index is -0.599. The maximum absolute atomic E-state index is 13.7. The molecule has 5 aliphatic rings. The van der Waals surface area contributed by atoms with E-state index in [2.05, 4.69) is 40.7 Å². The summed E-state index contributed by atoms with van der Waals surface area (Å²) in [7, 11) is 0. The Labute approximate surface area is 296 Å². The fourth-order valence-electron chi connectivity index (χ4n) is 11.5. The molecule has 3 fully saturated rings. The number of fused-ring (bicyclic) bond motifs is 6. The molecule has 1 heterocycles. The van der Waals surface area contributed by atoms with E-state index in [-0.39, 0.29) is 29.4 Å². The highest BCUT2D eigenvalue weighted by Gasteiger charge is 2.59. The van der Waals surface area contributed by atoms with Gasteiger partial charge in [0, 0.05) is 19.1 Å². The maximum Gasteiger partial charge on any atom is 0.410 e. The second-order valence-corrected chi connectivity index (χ2v) is 18.5. The molecular formula is C43H64N2O4. The highest BCUT2D eigenvalue weighted by atomic mass is 16.6. The van der Waals surface area contributed by atoms with Gasteiger partial charge in [-0.05, 0) is 137 Å². The van der Waals surface area contributed by atoms with Gasteiger partial charge in [-0.15, -0.1) is 0 Å². The number of allylic oxidation sites excluding steroid dienone is 1. The molecule has 270 valence electrons. The summed E-state index contributed by atoms with van der Waals surface area (Å²) in [5.74, 6) is 4.34. The van der Waals surface area contributed by atoms with E-state index in [0.29, 0.717) is 36.1 Å². The fourth-order valence-corrected chi connectivity index (χ4v) is 11.5. The van der Waals surface area contributed by atoms with E-state index in [4.69, 9.17) is 4.74 Å². The van der Waals surface area contributed by atoms with Gasteiger partial charge in [-0.1, -0.05) is 77.7 Å². The number of imide groups is 1. The molecular weight excluding hydrogens is 608 g/mol. The van der Waals surface area contributed by atoms with E-state index >= 15 is 0 Å². The Balaban J connectivity index is 1.14. The molecule has 0 radical (unpaired) electrons. The summed E-state index contributed by atoms with van der Waals surface area (Å²) in [6.45, 7) is 19.0. The number of carbonyl (C=O) groups is 3. The summed E-state index contributed by atoms with van der Waals surface area (Å²) in [6.07, 6.45) is 16.6. The molecule has 0 bridgehead atoms. The number of ether oxygens (including phenoxy) is 1. The topological polar surface area (TPSA) is 66.9 Å². The van der Waals surface area contributed by atoms with Gasteiger partial charge in [0.25, 0.3) is 11.8 Å². The molecule has 0 spiro atoms. The SMILES string of the molecule is CC(C)CCC[C@@H](C)[C@H]1CC[C@H]2[C@@H]3CC=C4C[C@@H](N(CCCN5C(=O)c6ccccc6C5=O)C(=O)OC(C)(C)C)CC[C@]4(C)[C@H]3CC[C@]12C. The molecule has 49 heavy (non-hydrogen) atoms. The first kappa shape index (κ1) is 36.2. The van der Waals surface area contributed by atoms with Gasteiger partial charge in [0.15, 0.2) is 0 Å². The zero-order chi connectivity index (χ0) is 35.3. The van der Waals surface area contributed by atoms with Crippen LogP contribution < -0.4 is 0 Å². The smallest absolute Gasteiger partial charge is 0.410 e. The highest BCUT2D eigenvalue weighted by molar-refractivity contribution is 6.21. The molecule has 6 heteroatoms. The summed E-state index contributed by atoms with van der Waals surface area (Å²) in [6, 6.07) is 7.09. The van der Waals surface area contributed by atoms with E-state index in [1.807, 2.05) is 25.7 Å². The van der Waals surface area contributed by atoms with Crippen LogP contribution in [-0.2, 0) is 4.74 Å². The van der Waals surface area contributed by atoms with Gasteiger partial charge in [0.2, 0.25) is 0 Å². The Morgan fingerprint density at radius 2 is 1.63 bits per heavy atom. The first-order valence-electron chi connectivity index (χ1n) is 19.8. The Hall–Kier alpha value is -2.63. The van der Waals surface area contributed by atoms with Crippen molar-refractivity contribution in [3.8, 4) is 0 Å². The van der Waals surface area contributed by atoms with Crippen LogP contribution in [0.15, 0.2) is 35.9 Å². The van der Waals surface area contributed by atoms with Crippen LogP contribution in [0.4, 0.5) is 4.79 Å². The quantitative estimate of drug-likeness (QED) is 0.183. The first-order valence-corrected chi connectivity index (χ1v) is 19.8. The van der Waals surface area contributed by atoms with E-state index in [1.165, 1.54) is 56.3 Å². The molecule has 4 aliphatic carbocycles. The van der Waals surface area contributed by atoms with Crippen molar-refractivity contribution in [1.29, 1.82) is 0 Å². The van der Waals surface area contributed by atoms with Gasteiger partial charge in [-0.25, -0.2) is 4.79 Å². The predicted molar refractivity (Wildman–Crippen MR) is 196 cm³/mol. The monoisotopic (exact) mass is 672 g/mol. The summed E-state index contributed by atoms with van der Waals surface area (Å²) < 4.78 is 5.96. The number of rotatable bonds is 10. The van der Waals surface area contributed by atoms with E-state index in [0.717, 1.165) is 54.8 Å². The lowest BCUT2D eigenvalue weighted by Crippen LogP contribution is -2.53. The normalized spacial score (nSPS) is 33.0. The molecule has 6 rings (SSSR count). The third-order valence-corrected chi connectivity index (χ3v) is 14.0. The Morgan fingerprint density at radius 3 is 2.29 bits per heavy atom. The van der Waals surface area contributed by atoms with Crippen molar-refractivity contribution in [2.45, 2.75) is 144 Å². The van der Waals surface area contributed by atoms with Crippen LogP contribution >= 0.6 is 0 Å². The lowest BCUT2D eigenvalue weighted by molar-refractivity contribution is -0.0556. The van der Waals surface area contributed by atoms with Crippen LogP contribution in [0.3, 0.4) is 0 Å². The molecule has 0 aromatic heterocycles. The van der Waals surface area contributed by atoms with E-state index in [1.54, 1.807) is 29.8 Å². The van der Waals surface area contributed by atoms with Gasteiger partial charge >= 0.3 is 6.09 Å². The number of benzene rings is 1. The van der Waals surface area contributed by atoms with Crippen molar-refractivity contribution >= 4 is 17.9 Å². The molecule has 0 N–H and O–H groups in total. The molecule has 6 nitrogen and oxygen atoms in total. The Morgan fingerprint density at radius 1 is 0.939 bits per heavy atom. The van der Waals surface area contributed by atoms with Crippen LogP contribution in [0.5, 0.6) is 0 Å². The Kier molecular flexibility index (Phi) is 10.2. The largest absolute Gasteiger partial charge is 0.444 e. The highest BCUT2D eigenvalue weighted by Crippen LogP contribution is 2.67. The van der Waals surface area contributed by atoms with Crippen molar-refractivity contribution in [1.82, 2.24) is 9.80 Å². The zero-order valence-electron chi connectivity index (χ0n) is 31.9. The molecule has 0 saturated heterocycles. The average molecular weight is 673 g/mol. The molecule has 3 saturated carbocycles. The van der Waals surface area contributed by atoms with Crippen molar-refractivity contribution in [2.75, 3.05) is 13.1 Å². The van der Waals surface area contributed by atoms with Crippen molar-refractivity contribution < 1.29 is 19.1 Å². The van der Waals surface area contributed by atoms with Crippen molar-refractivity contribution in [3.05, 3.63) is 47.0 Å². The second-order valence-electron chi connectivity index (χ2n) is 18.5. The van der Waals surface area contributed by atoms with Crippen molar-refractivity contribution in [3.63, 3.8) is 0 Å². The third-order valence-electron chi connectivity index (χ3n) is 14.0. The van der Waals surface area contributed by atoms with Gasteiger partial charge in [0.05, 0.1) is 11.1 Å². The molecule has 1 aromatic rings. The first-order chi connectivity index (χ1) is 23.1. The summed E-state index contributed by atoms with van der Waals surface area (Å²) in [5, 5.41) is 0. The van der Waals surface area contributed by atoms with E-state index in [9.17, 15) is 14.4 Å². The number of nitrogens with zero attached hydrogens (tertiary/aromatic N) is 2. The van der Waals surface area contributed by atoms with E-state index < -0.39 is 5.60 Å². The minimum absolute atomic E-state index is 0.0595. The summed E-state index contributed by atoms with van der Waals surface area (Å²) in [5.41, 5.74) is 2.57. The molecule has 1 aliphatic heterocycles. The van der Waals surface area contributed by atoms with Crippen LogP contribution in [0.2, 0.25) is 0 Å². The van der Waals surface area contributed by atoms with Gasteiger partial charge in [-0.3, -0.25) is 14.5 Å². The second kappa shape index (κ2) is 13.8. The fraction of sp³-hybridized carbons (Fsp3) is 0.744. The lowest BCUT2D eigenvalue weighted by atomic mass is 9.46. The number of carbonyl (C=O) groups excluding carboxylic acids is 3. The number of hydrogen-bond acceptors (Lipinski definition) is 4. The average Bonchev–Trinajstić information content (AvgIpc) is 3.51. The number of hydrogen-bond donors (Lipinski definition) is 0. The molecule has 0 unspecified atom stereocenters. The van der Waals surface area contributed by atoms with Gasteiger partial charge in [-0.2, -0.15) is 0 Å². The standard InChI is InChI=1S/C43H64N2O4/c1-28(2)13-11-14-29(3)35-19-20-36-34-18-17-30-27-31(21-23-42(30,7)37(34)22-24-43(35,36)8)44(40(48)49-41(4,5)6)25-12-26-45-38(46)32-15-9-10-16-33(32)39(45)47/h9-10,15-17,28-29,31,34-37H,11-14,18-27H2,1-8H3/t29-,31+,34+,35-,36+,37+,42+,43-/m1/s1. The van der Waals surface area contributed by atoms with Gasteiger partial charge in [0.1, 0.15) is 5.60 Å².